The van der Waals surface area contributed by atoms with Crippen molar-refractivity contribution >= 4 is 22.5 Å². The summed E-state index contributed by atoms with van der Waals surface area (Å²) in [6.07, 6.45) is -1.19. The second-order valence-electron chi connectivity index (χ2n) is 10.8. The maximum atomic E-state index is 13.3. The smallest absolute Gasteiger partial charge is 0.391 e. The number of ether oxygens (including phenoxy) is 1. The molecule has 0 amide bonds. The van der Waals surface area contributed by atoms with Crippen molar-refractivity contribution in [1.82, 2.24) is 29.4 Å². The van der Waals surface area contributed by atoms with Gasteiger partial charge in [0, 0.05) is 30.6 Å². The zero-order valence-electron chi connectivity index (χ0n) is 22.6. The minimum absolute atomic E-state index is 0.0289. The molecule has 1 aromatic carbocycles. The number of aromatic nitrogens is 5. The summed E-state index contributed by atoms with van der Waals surface area (Å²) in [5.41, 5.74) is 1.35. The highest BCUT2D eigenvalue weighted by atomic mass is 35.5. The van der Waals surface area contributed by atoms with Crippen LogP contribution in [0.1, 0.15) is 59.8 Å². The molecule has 0 saturated heterocycles. The van der Waals surface area contributed by atoms with Gasteiger partial charge in [-0.05, 0) is 50.8 Å². The number of aryl methyl sites for hydroxylation is 2. The van der Waals surface area contributed by atoms with Crippen molar-refractivity contribution in [1.29, 1.82) is 0 Å². The molecule has 0 radical (unpaired) electrons. The van der Waals surface area contributed by atoms with Gasteiger partial charge in [-0.3, -0.25) is 4.57 Å². The molecular weight excluding hydrogens is 545 g/mol. The topological polar surface area (TPSA) is 90.0 Å². The van der Waals surface area contributed by atoms with Crippen LogP contribution in [0.3, 0.4) is 0 Å². The van der Waals surface area contributed by atoms with E-state index in [2.05, 4.69) is 20.3 Å². The number of rotatable bonds is 5. The molecule has 1 aliphatic carbocycles. The third kappa shape index (κ3) is 4.01. The lowest BCUT2D eigenvalue weighted by atomic mass is 9.85. The van der Waals surface area contributed by atoms with Gasteiger partial charge in [0.2, 0.25) is 5.88 Å². The fourth-order valence-electron chi connectivity index (χ4n) is 6.23. The molecule has 40 heavy (non-hydrogen) atoms. The summed E-state index contributed by atoms with van der Waals surface area (Å²) in [4.78, 5) is 13.7. The molecule has 3 unspecified atom stereocenters. The van der Waals surface area contributed by atoms with E-state index in [9.17, 15) is 18.3 Å². The lowest BCUT2D eigenvalue weighted by Gasteiger charge is -2.31. The first kappa shape index (κ1) is 27.0. The first-order valence-electron chi connectivity index (χ1n) is 13.2. The number of benzene rings is 1. The Hall–Kier alpha value is -3.15. The molecule has 2 N–H and O–H groups in total. The Morgan fingerprint density at radius 2 is 1.98 bits per heavy atom. The van der Waals surface area contributed by atoms with E-state index in [-0.39, 0.29) is 25.4 Å². The predicted octanol–water partition coefficient (Wildman–Crippen LogP) is 5.24. The fraction of sp³-hybridized carbons (Fsp3) is 0.464. The number of nitrogens with zero attached hydrogens (tertiary/aromatic N) is 5. The number of hydrogen-bond donors (Lipinski definition) is 2. The van der Waals surface area contributed by atoms with Crippen LogP contribution in [-0.4, -0.2) is 48.5 Å². The van der Waals surface area contributed by atoms with Crippen molar-refractivity contribution in [2.24, 2.45) is 13.0 Å². The SMILES string of the molecule is COc1nc2ccc(C3(O)c4c(nc(C)n4C)-n4c3cnc4C)cc2c(Cl)c1CNC1CCCC(C(F)(F)F)C1. The van der Waals surface area contributed by atoms with Gasteiger partial charge in [-0.2, -0.15) is 13.2 Å². The molecule has 1 fully saturated rings. The summed E-state index contributed by atoms with van der Waals surface area (Å²) in [6, 6.07) is 5.08. The van der Waals surface area contributed by atoms with Crippen molar-refractivity contribution in [3.63, 3.8) is 0 Å². The molecule has 0 spiro atoms. The summed E-state index contributed by atoms with van der Waals surface area (Å²) < 4.78 is 49.3. The molecule has 6 rings (SSSR count). The summed E-state index contributed by atoms with van der Waals surface area (Å²) in [6.45, 7) is 3.94. The number of aliphatic hydroxyl groups is 1. The van der Waals surface area contributed by atoms with Crippen LogP contribution < -0.4 is 10.1 Å². The van der Waals surface area contributed by atoms with Crippen molar-refractivity contribution < 1.29 is 23.0 Å². The molecule has 3 aromatic heterocycles. The Morgan fingerprint density at radius 1 is 1.20 bits per heavy atom. The lowest BCUT2D eigenvalue weighted by molar-refractivity contribution is -0.183. The van der Waals surface area contributed by atoms with Gasteiger partial charge in [0.1, 0.15) is 17.3 Å². The molecular formula is C28H30ClF3N6O2. The van der Waals surface area contributed by atoms with E-state index in [1.54, 1.807) is 24.4 Å². The second kappa shape index (κ2) is 9.46. The van der Waals surface area contributed by atoms with Gasteiger partial charge in [0.05, 0.1) is 35.5 Å². The monoisotopic (exact) mass is 574 g/mol. The highest BCUT2D eigenvalue weighted by Crippen LogP contribution is 2.47. The van der Waals surface area contributed by atoms with Crippen molar-refractivity contribution in [2.75, 3.05) is 7.11 Å². The van der Waals surface area contributed by atoms with Gasteiger partial charge in [-0.15, -0.1) is 0 Å². The molecule has 8 nitrogen and oxygen atoms in total. The van der Waals surface area contributed by atoms with Gasteiger partial charge in [0.25, 0.3) is 0 Å². The minimum atomic E-state index is -4.20. The van der Waals surface area contributed by atoms with E-state index in [1.807, 2.05) is 30.0 Å². The Labute approximate surface area is 234 Å². The highest BCUT2D eigenvalue weighted by molar-refractivity contribution is 6.36. The first-order valence-corrected chi connectivity index (χ1v) is 13.6. The Kier molecular flexibility index (Phi) is 6.39. The fourth-order valence-corrected chi connectivity index (χ4v) is 6.53. The van der Waals surface area contributed by atoms with Gasteiger partial charge >= 0.3 is 6.18 Å². The number of halogens is 4. The quantitative estimate of drug-likeness (QED) is 0.339. The largest absolute Gasteiger partial charge is 0.481 e. The van der Waals surface area contributed by atoms with Crippen LogP contribution in [-0.2, 0) is 19.2 Å². The third-order valence-corrected chi connectivity index (χ3v) is 8.89. The summed E-state index contributed by atoms with van der Waals surface area (Å²) in [7, 11) is 3.35. The van der Waals surface area contributed by atoms with E-state index in [0.29, 0.717) is 68.8 Å². The number of pyridine rings is 1. The average Bonchev–Trinajstić information content (AvgIpc) is 3.53. The lowest BCUT2D eigenvalue weighted by Crippen LogP contribution is -2.38. The zero-order valence-corrected chi connectivity index (χ0v) is 23.4. The summed E-state index contributed by atoms with van der Waals surface area (Å²) in [5, 5.41) is 16.6. The molecule has 3 atom stereocenters. The molecule has 4 heterocycles. The van der Waals surface area contributed by atoms with Crippen LogP contribution in [0.5, 0.6) is 5.88 Å². The molecule has 2 aliphatic rings. The molecule has 0 bridgehead atoms. The standard InChI is InChI=1S/C28H30ClF3N6O2/c1-14-33-13-22-27(39,24-25(38(14)22)35-15(2)37(24)3)16-8-9-21-19(11-16)23(29)20(26(36-21)40-4)12-34-18-7-5-6-17(10-18)28(30,31)32/h8-9,11,13,17-18,34,39H,5-7,10,12H2,1-4H3. The van der Waals surface area contributed by atoms with E-state index in [4.69, 9.17) is 16.3 Å². The van der Waals surface area contributed by atoms with E-state index in [0.717, 1.165) is 5.82 Å². The number of nitrogens with one attached hydrogen (secondary N) is 1. The molecule has 4 aromatic rings. The van der Waals surface area contributed by atoms with Crippen molar-refractivity contribution in [2.45, 2.75) is 63.9 Å². The first-order chi connectivity index (χ1) is 18.9. The average molecular weight is 575 g/mol. The molecule has 12 heteroatoms. The number of fused-ring (bicyclic) bond motifs is 4. The van der Waals surface area contributed by atoms with E-state index < -0.39 is 17.7 Å². The molecule has 1 saturated carbocycles. The minimum Gasteiger partial charge on any atom is -0.481 e. The number of hydrogen-bond acceptors (Lipinski definition) is 6. The van der Waals surface area contributed by atoms with Gasteiger partial charge in [0.15, 0.2) is 11.4 Å². The maximum Gasteiger partial charge on any atom is 0.391 e. The van der Waals surface area contributed by atoms with Crippen molar-refractivity contribution in [3.8, 4) is 11.7 Å². The Morgan fingerprint density at radius 3 is 2.70 bits per heavy atom. The third-order valence-electron chi connectivity index (χ3n) is 8.46. The molecule has 212 valence electrons. The van der Waals surface area contributed by atoms with Gasteiger partial charge in [-0.25, -0.2) is 15.0 Å². The summed E-state index contributed by atoms with van der Waals surface area (Å²) in [5.74, 6) is 1.08. The van der Waals surface area contributed by atoms with Gasteiger partial charge < -0.3 is 19.7 Å². The second-order valence-corrected chi connectivity index (χ2v) is 11.1. The zero-order chi connectivity index (χ0) is 28.6. The number of methoxy groups -OCH3 is 1. The van der Waals surface area contributed by atoms with Crippen LogP contribution >= 0.6 is 11.6 Å². The van der Waals surface area contributed by atoms with Crippen LogP contribution in [0.15, 0.2) is 24.4 Å². The van der Waals surface area contributed by atoms with Crippen LogP contribution in [0.4, 0.5) is 13.2 Å². The Balaban J connectivity index is 1.40. The molecule has 1 aliphatic heterocycles. The van der Waals surface area contributed by atoms with Gasteiger partial charge in [-0.1, -0.05) is 24.1 Å². The number of alkyl halides is 3. The summed E-state index contributed by atoms with van der Waals surface area (Å²) >= 11 is 6.95. The van der Waals surface area contributed by atoms with E-state index >= 15 is 0 Å². The number of imidazole rings is 2. The highest BCUT2D eigenvalue weighted by Gasteiger charge is 2.49. The maximum absolute atomic E-state index is 13.3. The Bertz CT molecular complexity index is 1630. The normalized spacial score (nSPS) is 22.5. The van der Waals surface area contributed by atoms with E-state index in [1.165, 1.54) is 7.11 Å². The van der Waals surface area contributed by atoms with Crippen LogP contribution in [0, 0.1) is 19.8 Å². The van der Waals surface area contributed by atoms with Crippen LogP contribution in [0.2, 0.25) is 5.02 Å². The predicted molar refractivity (Wildman–Crippen MR) is 144 cm³/mol. The van der Waals surface area contributed by atoms with Crippen molar-refractivity contribution in [3.05, 3.63) is 63.6 Å². The van der Waals surface area contributed by atoms with Crippen LogP contribution in [0.25, 0.3) is 16.7 Å².